The van der Waals surface area contributed by atoms with Gasteiger partial charge in [0, 0.05) is 0 Å². The van der Waals surface area contributed by atoms with E-state index in [9.17, 15) is 0 Å². The molecule has 0 amide bonds. The van der Waals surface area contributed by atoms with E-state index < -0.39 is 0 Å². The molecule has 0 spiro atoms. The van der Waals surface area contributed by atoms with Crippen molar-refractivity contribution >= 4 is 0 Å². The molecule has 0 aliphatic rings. The summed E-state index contributed by atoms with van der Waals surface area (Å²) in [4.78, 5) is 0. The first-order chi connectivity index (χ1) is 8.70. The molecule has 0 heterocycles. The topological polar surface area (TPSA) is 0 Å². The Bertz CT molecular complexity index is 245. The fourth-order valence-electron chi connectivity index (χ4n) is 2.09. The van der Waals surface area contributed by atoms with Gasteiger partial charge in [-0.2, -0.15) is 0 Å². The molecule has 18 heavy (non-hydrogen) atoms. The Morgan fingerprint density at radius 3 is 2.22 bits per heavy atom. The molecule has 0 aliphatic carbocycles. The van der Waals surface area contributed by atoms with Gasteiger partial charge < -0.3 is 0 Å². The van der Waals surface area contributed by atoms with Crippen molar-refractivity contribution in [3.05, 3.63) is 36.5 Å². The van der Waals surface area contributed by atoms with Gasteiger partial charge in [0.15, 0.2) is 0 Å². The summed E-state index contributed by atoms with van der Waals surface area (Å²) in [5.41, 5.74) is 2.99. The van der Waals surface area contributed by atoms with Gasteiger partial charge >= 0.3 is 0 Å². The van der Waals surface area contributed by atoms with E-state index in [0.29, 0.717) is 0 Å². The van der Waals surface area contributed by atoms with E-state index in [-0.39, 0.29) is 0 Å². The van der Waals surface area contributed by atoms with Crippen molar-refractivity contribution in [2.24, 2.45) is 0 Å². The van der Waals surface area contributed by atoms with Gasteiger partial charge in [-0.05, 0) is 64.7 Å². The standard InChI is InChI=1S/C18H32/c1-5-7-9-10-11-15-18(14-8-6-2)16-12-13-17(3)4/h5,15H,1,3,6-14,16H2,2,4H3. The van der Waals surface area contributed by atoms with Crippen LogP contribution in [-0.2, 0) is 0 Å². The van der Waals surface area contributed by atoms with Crippen LogP contribution in [0.5, 0.6) is 0 Å². The Kier molecular flexibility index (Phi) is 12.1. The first kappa shape index (κ1) is 17.2. The fraction of sp³-hybridized carbons (Fsp3) is 0.667. The number of unbranched alkanes of at least 4 members (excludes halogenated alkanes) is 4. The van der Waals surface area contributed by atoms with E-state index in [1.165, 1.54) is 63.4 Å². The molecule has 0 radical (unpaired) electrons. The van der Waals surface area contributed by atoms with Gasteiger partial charge in [0.1, 0.15) is 0 Å². The molecule has 0 atom stereocenters. The Hall–Kier alpha value is -0.780. The highest BCUT2D eigenvalue weighted by Gasteiger charge is 1.98. The zero-order valence-corrected chi connectivity index (χ0v) is 12.6. The highest BCUT2D eigenvalue weighted by Crippen LogP contribution is 2.18. The van der Waals surface area contributed by atoms with Crippen LogP contribution in [0.3, 0.4) is 0 Å². The minimum Gasteiger partial charge on any atom is -0.103 e. The molecule has 0 saturated carbocycles. The van der Waals surface area contributed by atoms with Gasteiger partial charge in [0.05, 0.1) is 0 Å². The normalized spacial score (nSPS) is 11.6. The third-order valence-electron chi connectivity index (χ3n) is 3.25. The van der Waals surface area contributed by atoms with Crippen LogP contribution < -0.4 is 0 Å². The minimum atomic E-state index is 1.16. The van der Waals surface area contributed by atoms with Crippen LogP contribution in [0.4, 0.5) is 0 Å². The Morgan fingerprint density at radius 1 is 0.944 bits per heavy atom. The predicted octanol–water partition coefficient (Wildman–Crippen LogP) is 6.60. The third-order valence-corrected chi connectivity index (χ3v) is 3.25. The molecule has 0 fully saturated rings. The highest BCUT2D eigenvalue weighted by molar-refractivity contribution is 5.03. The number of allylic oxidation sites excluding steroid dienone is 4. The average Bonchev–Trinajstić information content (AvgIpc) is 2.34. The Morgan fingerprint density at radius 2 is 1.61 bits per heavy atom. The second kappa shape index (κ2) is 12.7. The predicted molar refractivity (Wildman–Crippen MR) is 84.9 cm³/mol. The van der Waals surface area contributed by atoms with Crippen LogP contribution in [0.1, 0.15) is 78.1 Å². The summed E-state index contributed by atoms with van der Waals surface area (Å²) in [7, 11) is 0. The van der Waals surface area contributed by atoms with Crippen molar-refractivity contribution in [3.63, 3.8) is 0 Å². The van der Waals surface area contributed by atoms with Gasteiger partial charge in [-0.25, -0.2) is 0 Å². The van der Waals surface area contributed by atoms with E-state index in [1.54, 1.807) is 5.57 Å². The van der Waals surface area contributed by atoms with E-state index in [0.717, 1.165) is 6.42 Å². The molecule has 0 N–H and O–H groups in total. The van der Waals surface area contributed by atoms with E-state index in [2.05, 4.69) is 33.1 Å². The second-order valence-corrected chi connectivity index (χ2v) is 5.35. The summed E-state index contributed by atoms with van der Waals surface area (Å²) in [6.07, 6.45) is 17.2. The summed E-state index contributed by atoms with van der Waals surface area (Å²) in [5.74, 6) is 0. The van der Waals surface area contributed by atoms with Crippen molar-refractivity contribution in [2.45, 2.75) is 78.1 Å². The molecular formula is C18H32. The summed E-state index contributed by atoms with van der Waals surface area (Å²) in [6, 6.07) is 0. The lowest BCUT2D eigenvalue weighted by molar-refractivity contribution is 0.703. The molecule has 0 aromatic carbocycles. The Balaban J connectivity index is 3.90. The second-order valence-electron chi connectivity index (χ2n) is 5.35. The summed E-state index contributed by atoms with van der Waals surface area (Å²) in [5, 5.41) is 0. The molecule has 0 nitrogen and oxygen atoms in total. The maximum Gasteiger partial charge on any atom is -0.0317 e. The number of hydrogen-bond acceptors (Lipinski definition) is 0. The maximum absolute atomic E-state index is 3.98. The van der Waals surface area contributed by atoms with Gasteiger partial charge in [0.25, 0.3) is 0 Å². The third kappa shape index (κ3) is 11.7. The molecule has 0 rings (SSSR count). The van der Waals surface area contributed by atoms with E-state index >= 15 is 0 Å². The lowest BCUT2D eigenvalue weighted by atomic mass is 9.99. The van der Waals surface area contributed by atoms with Crippen molar-refractivity contribution in [1.29, 1.82) is 0 Å². The zero-order valence-electron chi connectivity index (χ0n) is 12.6. The first-order valence-electron chi connectivity index (χ1n) is 7.63. The van der Waals surface area contributed by atoms with Crippen molar-refractivity contribution in [1.82, 2.24) is 0 Å². The molecule has 0 bridgehead atoms. The quantitative estimate of drug-likeness (QED) is 0.270. The summed E-state index contributed by atoms with van der Waals surface area (Å²) in [6.45, 7) is 12.2. The maximum atomic E-state index is 3.98. The largest absolute Gasteiger partial charge is 0.103 e. The first-order valence-corrected chi connectivity index (χ1v) is 7.63. The summed E-state index contributed by atoms with van der Waals surface area (Å²) < 4.78 is 0. The van der Waals surface area contributed by atoms with E-state index in [1.807, 2.05) is 6.08 Å². The van der Waals surface area contributed by atoms with Crippen molar-refractivity contribution in [2.75, 3.05) is 0 Å². The number of hydrogen-bond donors (Lipinski definition) is 0. The van der Waals surface area contributed by atoms with Gasteiger partial charge in [-0.15, -0.1) is 13.2 Å². The highest BCUT2D eigenvalue weighted by atomic mass is 14.0. The molecule has 0 aromatic rings. The van der Waals surface area contributed by atoms with Crippen LogP contribution in [-0.4, -0.2) is 0 Å². The molecule has 0 heteroatoms. The zero-order chi connectivity index (χ0) is 13.6. The number of rotatable bonds is 12. The van der Waals surface area contributed by atoms with Crippen LogP contribution >= 0.6 is 0 Å². The van der Waals surface area contributed by atoms with Crippen molar-refractivity contribution in [3.8, 4) is 0 Å². The van der Waals surface area contributed by atoms with Crippen LogP contribution in [0, 0.1) is 0 Å². The average molecular weight is 248 g/mol. The summed E-state index contributed by atoms with van der Waals surface area (Å²) >= 11 is 0. The fourth-order valence-corrected chi connectivity index (χ4v) is 2.09. The lowest BCUT2D eigenvalue weighted by Gasteiger charge is -2.07. The van der Waals surface area contributed by atoms with Crippen molar-refractivity contribution < 1.29 is 0 Å². The SMILES string of the molecule is C=CCCCCC=C(CCCC)CCCC(=C)C. The smallest absolute Gasteiger partial charge is 0.0317 e. The van der Waals surface area contributed by atoms with Crippen LogP contribution in [0.2, 0.25) is 0 Å². The molecule has 0 aromatic heterocycles. The molecule has 0 unspecified atom stereocenters. The van der Waals surface area contributed by atoms with Gasteiger partial charge in [-0.1, -0.05) is 36.6 Å². The molecule has 0 saturated heterocycles. The minimum absolute atomic E-state index is 1.16. The van der Waals surface area contributed by atoms with Gasteiger partial charge in [0.2, 0.25) is 0 Å². The van der Waals surface area contributed by atoms with Gasteiger partial charge in [-0.3, -0.25) is 0 Å². The monoisotopic (exact) mass is 248 g/mol. The lowest BCUT2D eigenvalue weighted by Crippen LogP contribution is -1.87. The van der Waals surface area contributed by atoms with E-state index in [4.69, 9.17) is 0 Å². The van der Waals surface area contributed by atoms with Crippen LogP contribution in [0.25, 0.3) is 0 Å². The molecule has 104 valence electrons. The Labute approximate surface area is 115 Å². The molecular weight excluding hydrogens is 216 g/mol. The molecule has 0 aliphatic heterocycles. The van der Waals surface area contributed by atoms with Crippen LogP contribution in [0.15, 0.2) is 36.5 Å².